The van der Waals surface area contributed by atoms with Gasteiger partial charge in [-0.15, -0.1) is 35.9 Å². The molecule has 0 saturated carbocycles. The SMILES string of the molecule is CC(C)[C@H](Nc1ccc(CNC(=O)[C@@H]2SCCN2C(=O)CC(Cc2cc(F)c(F)cc2F)NC(=O)OC(C)(C)C)cc1)C(=O)O.CC(C)[C@H](Nc1ccc(CNC(=O)[C@@H]2SCCN2C(=O)CC(N)Cc2cc(F)c(F)cc2F)cc1)C(=O)O.Cl. The highest BCUT2D eigenvalue weighted by Crippen LogP contribution is 2.28. The highest BCUT2D eigenvalue weighted by molar-refractivity contribution is 8.01. The molecule has 2 saturated heterocycles. The van der Waals surface area contributed by atoms with Gasteiger partial charge in [-0.05, 0) is 104 Å². The van der Waals surface area contributed by atoms with E-state index < -0.39 is 105 Å². The van der Waals surface area contributed by atoms with E-state index >= 15 is 0 Å². The number of hydrogen-bond donors (Lipinski definition) is 8. The van der Waals surface area contributed by atoms with Gasteiger partial charge in [-0.25, -0.2) is 40.7 Å². The zero-order valence-corrected chi connectivity index (χ0v) is 49.7. The van der Waals surface area contributed by atoms with Crippen LogP contribution in [-0.2, 0) is 59.4 Å². The Labute approximate surface area is 497 Å². The number of ether oxygens (including phenoxy) is 1. The topological polar surface area (TPSA) is 262 Å². The van der Waals surface area contributed by atoms with Crippen LogP contribution in [0.2, 0.25) is 0 Å². The lowest BCUT2D eigenvalue weighted by molar-refractivity contribution is -0.139. The minimum absolute atomic E-state index is 0. The number of anilines is 2. The van der Waals surface area contributed by atoms with Crippen LogP contribution in [0, 0.1) is 46.7 Å². The maximum atomic E-state index is 14.4. The first kappa shape index (κ1) is 69.6. The van der Waals surface area contributed by atoms with Crippen molar-refractivity contribution in [3.05, 3.63) is 130 Å². The molecule has 2 heterocycles. The maximum Gasteiger partial charge on any atom is 0.407 e. The number of amides is 5. The van der Waals surface area contributed by atoms with Crippen LogP contribution in [0.3, 0.4) is 0 Å². The minimum atomic E-state index is -1.36. The van der Waals surface area contributed by atoms with Gasteiger partial charge in [0, 0.05) is 86.1 Å². The number of alkyl carbamates (subject to hydrolysis) is 1. The van der Waals surface area contributed by atoms with Gasteiger partial charge in [0.1, 0.15) is 29.3 Å². The van der Waals surface area contributed by atoms with Crippen molar-refractivity contribution in [1.82, 2.24) is 25.8 Å². The van der Waals surface area contributed by atoms with Gasteiger partial charge in [-0.3, -0.25) is 19.2 Å². The molecule has 27 heteroatoms. The predicted octanol–water partition coefficient (Wildman–Crippen LogP) is 8.19. The van der Waals surface area contributed by atoms with Crippen molar-refractivity contribution < 1.29 is 74.9 Å². The number of thioether (sulfide) groups is 2. The van der Waals surface area contributed by atoms with Crippen molar-refractivity contribution in [2.24, 2.45) is 17.6 Å². The van der Waals surface area contributed by atoms with Crippen LogP contribution in [-0.4, -0.2) is 127 Å². The number of nitrogens with one attached hydrogen (secondary N) is 5. The summed E-state index contributed by atoms with van der Waals surface area (Å²) in [6.07, 6.45) is -1.92. The summed E-state index contributed by atoms with van der Waals surface area (Å²) in [5.41, 5.74) is 7.55. The molecule has 84 heavy (non-hydrogen) atoms. The fourth-order valence-electron chi connectivity index (χ4n) is 8.64. The Hall–Kier alpha value is -6.90. The van der Waals surface area contributed by atoms with Gasteiger partial charge in [0.05, 0.1) is 0 Å². The second-order valence-corrected chi connectivity index (χ2v) is 23.9. The second-order valence-electron chi connectivity index (χ2n) is 21.5. The van der Waals surface area contributed by atoms with Crippen LogP contribution < -0.4 is 32.3 Å². The number of benzene rings is 4. The molecule has 0 aromatic heterocycles. The number of carboxylic acid groups (broad SMARTS) is 2. The number of carbonyl (C=O) groups is 7. The lowest BCUT2D eigenvalue weighted by atomic mass is 10.0. The maximum absolute atomic E-state index is 14.4. The fraction of sp³-hybridized carbons (Fsp3) is 0.456. The Morgan fingerprint density at radius 1 is 0.607 bits per heavy atom. The summed E-state index contributed by atoms with van der Waals surface area (Å²) >= 11 is 2.57. The number of aliphatic carboxylic acids is 2. The first-order valence-corrected chi connectivity index (χ1v) is 28.7. The molecule has 0 aliphatic carbocycles. The molecule has 2 fully saturated rings. The van der Waals surface area contributed by atoms with Crippen molar-refractivity contribution in [2.75, 3.05) is 35.2 Å². The third-order valence-electron chi connectivity index (χ3n) is 12.9. The average molecular weight is 1240 g/mol. The molecule has 2 unspecified atom stereocenters. The molecule has 0 spiro atoms. The first-order chi connectivity index (χ1) is 39.0. The van der Waals surface area contributed by atoms with Gasteiger partial charge >= 0.3 is 18.0 Å². The standard InChI is InChI=1S/C31H39F3N4O6S.C26H31F3N4O4S.ClH/c1-17(2)26(29(41)42)36-20-8-6-18(7-9-20)16-35-27(40)28-38(10-11-45-28)25(39)14-21(37-30(43)44-31(3,4)5)12-19-13-23(33)24(34)15-22(19)32;1-14(2)23(26(36)37)32-18-5-3-15(4-6-18)13-31-24(35)25-33(7-8-38-25)22(34)11-17(30)9-16-10-20(28)21(29)12-19(16)27;/h6-9,13,15,17,21,26,28,36H,10-12,14,16H2,1-5H3,(H,35,40)(H,37,43)(H,41,42);3-6,10,12,14,17,23,25,32H,7-9,11,13,30H2,1-2H3,(H,31,35)(H,36,37);1H/t21?,26-,28-;17?,23-,25-;/m00./s1. The van der Waals surface area contributed by atoms with E-state index in [1.54, 1.807) is 83.1 Å². The number of carbonyl (C=O) groups excluding carboxylic acids is 5. The smallest absolute Gasteiger partial charge is 0.407 e. The number of halogens is 7. The van der Waals surface area contributed by atoms with Crippen LogP contribution in [0.5, 0.6) is 0 Å². The minimum Gasteiger partial charge on any atom is -0.480 e. The van der Waals surface area contributed by atoms with Crippen LogP contribution in [0.25, 0.3) is 0 Å². The third-order valence-corrected chi connectivity index (χ3v) is 15.3. The second kappa shape index (κ2) is 31.8. The molecule has 9 N–H and O–H groups in total. The van der Waals surface area contributed by atoms with Crippen molar-refractivity contribution in [1.29, 1.82) is 0 Å². The molecule has 4 aromatic rings. The molecule has 4 aromatic carbocycles. The molecule has 6 atom stereocenters. The van der Waals surface area contributed by atoms with E-state index in [-0.39, 0.29) is 92.5 Å². The van der Waals surface area contributed by atoms with Gasteiger partial charge in [0.15, 0.2) is 34.0 Å². The summed E-state index contributed by atoms with van der Waals surface area (Å²) in [4.78, 5) is 90.3. The number of carboxylic acids is 2. The number of rotatable bonds is 23. The average Bonchev–Trinajstić information content (AvgIpc) is 4.07. The zero-order chi connectivity index (χ0) is 61.5. The van der Waals surface area contributed by atoms with Gasteiger partial charge in [0.2, 0.25) is 11.8 Å². The molecule has 6 rings (SSSR count). The van der Waals surface area contributed by atoms with Crippen LogP contribution in [0.1, 0.15) is 83.6 Å². The highest BCUT2D eigenvalue weighted by atomic mass is 35.5. The van der Waals surface area contributed by atoms with Crippen molar-refractivity contribution in [3.63, 3.8) is 0 Å². The zero-order valence-electron chi connectivity index (χ0n) is 47.2. The fourth-order valence-corrected chi connectivity index (χ4v) is 11.0. The summed E-state index contributed by atoms with van der Waals surface area (Å²) < 4.78 is 87.6. The van der Waals surface area contributed by atoms with Crippen molar-refractivity contribution in [2.45, 2.75) is 128 Å². The third kappa shape index (κ3) is 21.0. The van der Waals surface area contributed by atoms with Crippen LogP contribution >= 0.6 is 35.9 Å². The summed E-state index contributed by atoms with van der Waals surface area (Å²) in [6.45, 7) is 13.1. The quantitative estimate of drug-likeness (QED) is 0.0257. The Kier molecular flexibility index (Phi) is 26.4. The summed E-state index contributed by atoms with van der Waals surface area (Å²) in [5.74, 6) is -9.87. The van der Waals surface area contributed by atoms with E-state index in [2.05, 4.69) is 26.6 Å². The molecule has 0 bridgehead atoms. The summed E-state index contributed by atoms with van der Waals surface area (Å²) in [7, 11) is 0. The molecule has 2 aliphatic rings. The van der Waals surface area contributed by atoms with E-state index in [1.807, 2.05) is 13.8 Å². The Morgan fingerprint density at radius 2 is 0.988 bits per heavy atom. The Morgan fingerprint density at radius 3 is 1.37 bits per heavy atom. The molecular weight excluding hydrogens is 1170 g/mol. The lowest BCUT2D eigenvalue weighted by Crippen LogP contribution is -2.48. The summed E-state index contributed by atoms with van der Waals surface area (Å²) in [6, 6.07) is 12.8. The first-order valence-electron chi connectivity index (χ1n) is 26.6. The van der Waals surface area contributed by atoms with Gasteiger partial charge in [-0.1, -0.05) is 52.0 Å². The lowest BCUT2D eigenvalue weighted by Gasteiger charge is -2.27. The van der Waals surface area contributed by atoms with E-state index in [9.17, 15) is 70.1 Å². The predicted molar refractivity (Wildman–Crippen MR) is 310 cm³/mol. The molecule has 0 radical (unpaired) electrons. The molecule has 18 nitrogen and oxygen atoms in total. The van der Waals surface area contributed by atoms with E-state index in [0.29, 0.717) is 47.6 Å². The van der Waals surface area contributed by atoms with Crippen LogP contribution in [0.15, 0.2) is 72.8 Å². The number of nitrogens with two attached hydrogens (primary N) is 1. The molecule has 2 aliphatic heterocycles. The molecule has 460 valence electrons. The van der Waals surface area contributed by atoms with Crippen LogP contribution in [0.4, 0.5) is 42.5 Å². The molecule has 5 amide bonds. The van der Waals surface area contributed by atoms with E-state index in [0.717, 1.165) is 17.2 Å². The van der Waals surface area contributed by atoms with Gasteiger partial charge in [-0.2, -0.15) is 0 Å². The van der Waals surface area contributed by atoms with E-state index in [1.165, 1.54) is 33.3 Å². The van der Waals surface area contributed by atoms with E-state index in [4.69, 9.17) is 10.5 Å². The van der Waals surface area contributed by atoms with Crippen molar-refractivity contribution >= 4 is 89.0 Å². The van der Waals surface area contributed by atoms with Gasteiger partial charge in [0.25, 0.3) is 11.8 Å². The number of nitrogens with zero attached hydrogens (tertiary/aromatic N) is 2. The summed E-state index contributed by atoms with van der Waals surface area (Å²) in [5, 5.41) is 31.2. The van der Waals surface area contributed by atoms with Gasteiger partial charge < -0.3 is 57.1 Å². The van der Waals surface area contributed by atoms with Crippen molar-refractivity contribution in [3.8, 4) is 0 Å². The normalized spacial score (nSPS) is 16.3. The Balaban J connectivity index is 0.000000361. The highest BCUT2D eigenvalue weighted by Gasteiger charge is 2.37. The number of hydrogen-bond acceptors (Lipinski definition) is 13. The molecular formula is C57H71ClF6N8O10S2. The Bertz CT molecular complexity index is 2950. The monoisotopic (exact) mass is 1240 g/mol. The largest absolute Gasteiger partial charge is 0.480 e.